The Kier molecular flexibility index (Phi) is 6.30. The van der Waals surface area contributed by atoms with Crippen LogP contribution in [0.4, 0.5) is 5.69 Å². The molecule has 3 N–H and O–H groups in total. The molecule has 0 atom stereocenters. The molecular formula is C14H11Cl3N3O5S+. The summed E-state index contributed by atoms with van der Waals surface area (Å²) < 4.78 is 31.9. The molecule has 2 rings (SSSR count). The second-order valence-electron chi connectivity index (χ2n) is 4.83. The second kappa shape index (κ2) is 8.09. The molecule has 0 amide bonds. The van der Waals surface area contributed by atoms with Crippen LogP contribution in [0.2, 0.25) is 10.0 Å². The van der Waals surface area contributed by atoms with Gasteiger partial charge in [0.05, 0.1) is 15.0 Å². The molecule has 0 heterocycles. The zero-order chi connectivity index (χ0) is 19.5. The van der Waals surface area contributed by atoms with Gasteiger partial charge < -0.3 is 4.74 Å². The van der Waals surface area contributed by atoms with Crippen molar-refractivity contribution in [2.75, 3.05) is 5.88 Å². The molecule has 26 heavy (non-hydrogen) atoms. The normalized spacial score (nSPS) is 12.0. The van der Waals surface area contributed by atoms with Crippen LogP contribution in [-0.4, -0.2) is 25.1 Å². The fourth-order valence-corrected chi connectivity index (χ4v) is 3.72. The number of benzene rings is 2. The molecule has 0 saturated carbocycles. The lowest BCUT2D eigenvalue weighted by Gasteiger charge is -2.10. The quantitative estimate of drug-likeness (QED) is 0.233. The Morgan fingerprint density at radius 3 is 2.19 bits per heavy atom. The fraction of sp³-hybridized carbons (Fsp3) is 0.0714. The molecule has 0 radical (unpaired) electrons. The fourth-order valence-electron chi connectivity index (χ4n) is 1.80. The van der Waals surface area contributed by atoms with Crippen molar-refractivity contribution in [2.24, 2.45) is 5.73 Å². The maximum atomic E-state index is 12.2. The van der Waals surface area contributed by atoms with Crippen molar-refractivity contribution >= 4 is 56.3 Å². The molecule has 0 fully saturated rings. The number of nitrogens with zero attached hydrogens (tertiary/aromatic N) is 1. The van der Waals surface area contributed by atoms with E-state index in [0.29, 0.717) is 0 Å². The van der Waals surface area contributed by atoms with E-state index in [2.05, 4.69) is 4.40 Å². The number of ether oxygens (including phenoxy) is 1. The number of hydrogen-bond donors (Lipinski definition) is 2. The lowest BCUT2D eigenvalue weighted by molar-refractivity contribution is -0.384. The topological polar surface area (TPSA) is 126 Å². The van der Waals surface area contributed by atoms with Crippen LogP contribution in [0.25, 0.3) is 0 Å². The third-order valence-electron chi connectivity index (χ3n) is 2.96. The maximum absolute atomic E-state index is 12.2. The van der Waals surface area contributed by atoms with Crippen molar-refractivity contribution in [3.05, 3.63) is 56.6 Å². The van der Waals surface area contributed by atoms with Crippen LogP contribution in [0.3, 0.4) is 0 Å². The number of nitro benzene ring substituents is 1. The van der Waals surface area contributed by atoms with E-state index in [1.54, 1.807) is 0 Å². The SMILES string of the molecule is NC(CCl)=[NH+]S(=O)(=O)c1cc(Cl)c(Oc2ccc([N+](=O)[O-])cc2)c(Cl)c1. The highest BCUT2D eigenvalue weighted by Gasteiger charge is 2.21. The van der Waals surface area contributed by atoms with Crippen molar-refractivity contribution in [3.8, 4) is 11.5 Å². The van der Waals surface area contributed by atoms with E-state index in [-0.39, 0.29) is 43.8 Å². The van der Waals surface area contributed by atoms with Crippen molar-refractivity contribution in [1.82, 2.24) is 0 Å². The summed E-state index contributed by atoms with van der Waals surface area (Å²) in [5.74, 6) is -0.143. The summed E-state index contributed by atoms with van der Waals surface area (Å²) >= 11 is 17.6. The Morgan fingerprint density at radius 2 is 1.73 bits per heavy atom. The minimum absolute atomic E-state index is 0.00423. The highest BCUT2D eigenvalue weighted by atomic mass is 35.5. The number of sulfonamides is 1. The van der Waals surface area contributed by atoms with Crippen molar-refractivity contribution in [2.45, 2.75) is 4.90 Å². The lowest BCUT2D eigenvalue weighted by Crippen LogP contribution is -2.79. The van der Waals surface area contributed by atoms with Crippen molar-refractivity contribution < 1.29 is 22.5 Å². The molecule has 0 unspecified atom stereocenters. The van der Waals surface area contributed by atoms with E-state index < -0.39 is 14.9 Å². The summed E-state index contributed by atoms with van der Waals surface area (Å²) in [4.78, 5) is 9.85. The molecule has 0 aromatic heterocycles. The number of hydrogen-bond acceptors (Lipinski definition) is 5. The van der Waals surface area contributed by atoms with Gasteiger partial charge in [-0.15, -0.1) is 11.6 Å². The molecule has 0 aliphatic rings. The Bertz CT molecular complexity index is 955. The van der Waals surface area contributed by atoms with Crippen LogP contribution >= 0.6 is 34.8 Å². The molecule has 2 aromatic rings. The molecule has 8 nitrogen and oxygen atoms in total. The monoisotopic (exact) mass is 438 g/mol. The van der Waals surface area contributed by atoms with E-state index in [1.165, 1.54) is 24.3 Å². The minimum atomic E-state index is -4.02. The first kappa shape index (κ1) is 20.2. The largest absolute Gasteiger partial charge is 0.454 e. The smallest absolute Gasteiger partial charge is 0.328 e. The molecule has 12 heteroatoms. The summed E-state index contributed by atoms with van der Waals surface area (Å²) in [5, 5.41) is 10.5. The van der Waals surface area contributed by atoms with Gasteiger partial charge in [-0.25, -0.2) is 0 Å². The van der Waals surface area contributed by atoms with Gasteiger partial charge in [-0.1, -0.05) is 23.2 Å². The van der Waals surface area contributed by atoms with Gasteiger partial charge in [0, 0.05) is 12.1 Å². The Morgan fingerprint density at radius 1 is 1.19 bits per heavy atom. The average Bonchev–Trinajstić information content (AvgIpc) is 2.57. The van der Waals surface area contributed by atoms with E-state index in [1.807, 2.05) is 0 Å². The van der Waals surface area contributed by atoms with E-state index in [0.717, 1.165) is 12.1 Å². The summed E-state index contributed by atoms with van der Waals surface area (Å²) in [5.41, 5.74) is 5.28. The third-order valence-corrected chi connectivity index (χ3v) is 5.20. The number of nitrogens with one attached hydrogen (secondary N) is 1. The predicted octanol–water partition coefficient (Wildman–Crippen LogP) is 2.06. The highest BCUT2D eigenvalue weighted by Crippen LogP contribution is 2.38. The van der Waals surface area contributed by atoms with Crippen molar-refractivity contribution in [1.29, 1.82) is 0 Å². The van der Waals surface area contributed by atoms with Gasteiger partial charge in [0.15, 0.2) is 5.75 Å². The number of nitro groups is 1. The van der Waals surface area contributed by atoms with E-state index >= 15 is 0 Å². The van der Waals surface area contributed by atoms with E-state index in [4.69, 9.17) is 45.3 Å². The Balaban J connectivity index is 2.37. The first-order valence-electron chi connectivity index (χ1n) is 6.75. The van der Waals surface area contributed by atoms with Crippen LogP contribution in [0, 0.1) is 10.1 Å². The number of halogens is 3. The number of non-ortho nitro benzene ring substituents is 1. The molecule has 0 aliphatic carbocycles. The zero-order valence-corrected chi connectivity index (χ0v) is 15.9. The number of amidine groups is 1. The third kappa shape index (κ3) is 4.76. The van der Waals surface area contributed by atoms with Crippen molar-refractivity contribution in [3.63, 3.8) is 0 Å². The summed E-state index contributed by atoms with van der Waals surface area (Å²) in [6.45, 7) is 0. The summed E-state index contributed by atoms with van der Waals surface area (Å²) in [6, 6.07) is 7.44. The van der Waals surface area contributed by atoms with Gasteiger partial charge in [0.2, 0.25) is 0 Å². The van der Waals surface area contributed by atoms with Gasteiger partial charge in [-0.3, -0.25) is 15.8 Å². The molecule has 2 aromatic carbocycles. The number of rotatable bonds is 6. The molecule has 0 bridgehead atoms. The van der Waals surface area contributed by atoms with Crippen LogP contribution < -0.4 is 14.9 Å². The first-order chi connectivity index (χ1) is 12.1. The minimum Gasteiger partial charge on any atom is -0.454 e. The lowest BCUT2D eigenvalue weighted by atomic mass is 10.3. The highest BCUT2D eigenvalue weighted by molar-refractivity contribution is 7.84. The van der Waals surface area contributed by atoms with Gasteiger partial charge in [-0.2, -0.15) is 12.8 Å². The van der Waals surface area contributed by atoms with Gasteiger partial charge in [0.1, 0.15) is 16.5 Å². The predicted molar refractivity (Wildman–Crippen MR) is 97.7 cm³/mol. The summed E-state index contributed by atoms with van der Waals surface area (Å²) in [6.07, 6.45) is 0. The van der Waals surface area contributed by atoms with Crippen LogP contribution in [0.5, 0.6) is 11.5 Å². The van der Waals surface area contributed by atoms with Gasteiger partial charge in [0.25, 0.3) is 11.5 Å². The van der Waals surface area contributed by atoms with Crippen LogP contribution in [0.15, 0.2) is 41.3 Å². The first-order valence-corrected chi connectivity index (χ1v) is 9.53. The molecular weight excluding hydrogens is 429 g/mol. The average molecular weight is 440 g/mol. The van der Waals surface area contributed by atoms with Gasteiger partial charge in [-0.05, 0) is 24.3 Å². The number of alkyl halides is 1. The molecule has 138 valence electrons. The zero-order valence-electron chi connectivity index (χ0n) is 12.8. The van der Waals surface area contributed by atoms with Gasteiger partial charge >= 0.3 is 10.0 Å². The Hall–Kier alpha value is -2.07. The van der Waals surface area contributed by atoms with Crippen LogP contribution in [-0.2, 0) is 10.0 Å². The maximum Gasteiger partial charge on any atom is 0.328 e. The Labute approximate surface area is 163 Å². The second-order valence-corrected chi connectivity index (χ2v) is 7.60. The standard InChI is InChI=1S/C14H10Cl3N3O5S/c15-7-13(18)19-26(23,24)10-5-11(16)14(12(17)6-10)25-9-3-1-8(2-4-9)20(21)22/h1-6H,7H2,(H2,18,19)/p+1. The van der Waals surface area contributed by atoms with Crippen LogP contribution in [0.1, 0.15) is 0 Å². The number of nitrogens with two attached hydrogens (primary N) is 1. The molecule has 0 saturated heterocycles. The molecule has 0 aliphatic heterocycles. The van der Waals surface area contributed by atoms with E-state index in [9.17, 15) is 18.5 Å². The molecule has 0 spiro atoms. The summed E-state index contributed by atoms with van der Waals surface area (Å²) in [7, 11) is -4.02.